The van der Waals surface area contributed by atoms with Crippen LogP contribution < -0.4 is 5.32 Å². The molecule has 0 unspecified atom stereocenters. The molecule has 7 heteroatoms. The Bertz CT molecular complexity index is 296. The van der Waals surface area contributed by atoms with E-state index in [0.717, 1.165) is 0 Å². The summed E-state index contributed by atoms with van der Waals surface area (Å²) < 4.78 is 37.0. The summed E-state index contributed by atoms with van der Waals surface area (Å²) in [6.45, 7) is 0. The van der Waals surface area contributed by atoms with E-state index in [1.807, 2.05) is 0 Å². The van der Waals surface area contributed by atoms with Gasteiger partial charge < -0.3 is 10.4 Å². The molecule has 1 aliphatic carbocycles. The van der Waals surface area contributed by atoms with Crippen molar-refractivity contribution >= 4 is 11.9 Å². The second kappa shape index (κ2) is 5.37. The van der Waals surface area contributed by atoms with Crippen molar-refractivity contribution < 1.29 is 27.9 Å². The molecule has 0 aromatic heterocycles. The van der Waals surface area contributed by atoms with E-state index in [1.54, 1.807) is 0 Å². The Morgan fingerprint density at radius 3 is 2.12 bits per heavy atom. The first-order valence-corrected chi connectivity index (χ1v) is 5.37. The van der Waals surface area contributed by atoms with Gasteiger partial charge in [0, 0.05) is 6.04 Å². The number of carbonyl (C=O) groups excluding carboxylic acids is 1. The third kappa shape index (κ3) is 4.62. The van der Waals surface area contributed by atoms with Gasteiger partial charge in [0.1, 0.15) is 6.42 Å². The minimum absolute atomic E-state index is 0.0124. The van der Waals surface area contributed by atoms with E-state index in [4.69, 9.17) is 5.11 Å². The Labute approximate surface area is 96.2 Å². The molecule has 4 nitrogen and oxygen atoms in total. The normalized spacial score (nSPS) is 25.4. The molecule has 2 N–H and O–H groups in total. The first-order valence-electron chi connectivity index (χ1n) is 5.37. The fourth-order valence-corrected chi connectivity index (χ4v) is 1.98. The van der Waals surface area contributed by atoms with Crippen molar-refractivity contribution in [1.29, 1.82) is 0 Å². The van der Waals surface area contributed by atoms with E-state index in [2.05, 4.69) is 5.32 Å². The molecule has 0 bridgehead atoms. The molecule has 1 aliphatic rings. The number of amides is 1. The Morgan fingerprint density at radius 1 is 1.18 bits per heavy atom. The third-order valence-corrected chi connectivity index (χ3v) is 2.87. The van der Waals surface area contributed by atoms with Gasteiger partial charge in [-0.3, -0.25) is 9.59 Å². The third-order valence-electron chi connectivity index (χ3n) is 2.87. The summed E-state index contributed by atoms with van der Waals surface area (Å²) in [5, 5.41) is 10.8. The summed E-state index contributed by atoms with van der Waals surface area (Å²) in [5.41, 5.74) is 0. The van der Waals surface area contributed by atoms with Crippen molar-refractivity contribution in [2.24, 2.45) is 5.92 Å². The fraction of sp³-hybridized carbons (Fsp3) is 0.800. The zero-order valence-electron chi connectivity index (χ0n) is 9.09. The molecule has 0 radical (unpaired) electrons. The Morgan fingerprint density at radius 2 is 1.71 bits per heavy atom. The molecule has 0 atom stereocenters. The van der Waals surface area contributed by atoms with Gasteiger partial charge in [0.25, 0.3) is 0 Å². The van der Waals surface area contributed by atoms with Crippen LogP contribution in [0.15, 0.2) is 0 Å². The van der Waals surface area contributed by atoms with Crippen LogP contribution in [0, 0.1) is 5.92 Å². The summed E-state index contributed by atoms with van der Waals surface area (Å²) in [4.78, 5) is 21.3. The molecule has 0 aliphatic heterocycles. The summed E-state index contributed by atoms with van der Waals surface area (Å²) in [7, 11) is 0. The van der Waals surface area contributed by atoms with Crippen molar-refractivity contribution in [2.45, 2.75) is 44.3 Å². The standard InChI is InChI=1S/C10H14F3NO3/c11-10(12,13)6-1-3-7(4-2-6)14-8(15)5-9(16)17/h6-7H,1-5H2,(H,14,15)(H,16,17). The Kier molecular flexibility index (Phi) is 4.36. The molecular formula is C10H14F3NO3. The molecule has 1 rings (SSSR count). The van der Waals surface area contributed by atoms with Crippen LogP contribution >= 0.6 is 0 Å². The van der Waals surface area contributed by atoms with Crippen LogP contribution in [0.4, 0.5) is 13.2 Å². The quantitative estimate of drug-likeness (QED) is 0.752. The molecule has 0 saturated heterocycles. The van der Waals surface area contributed by atoms with Gasteiger partial charge in [-0.15, -0.1) is 0 Å². The summed E-state index contributed by atoms with van der Waals surface area (Å²) in [5.74, 6) is -3.19. The highest BCUT2D eigenvalue weighted by Gasteiger charge is 2.41. The molecule has 1 fully saturated rings. The van der Waals surface area contributed by atoms with Crippen LogP contribution in [0.2, 0.25) is 0 Å². The number of carboxylic acids is 1. The molecule has 17 heavy (non-hydrogen) atoms. The molecule has 0 heterocycles. The van der Waals surface area contributed by atoms with Gasteiger partial charge in [0.2, 0.25) is 5.91 Å². The maximum absolute atomic E-state index is 12.3. The second-order valence-electron chi connectivity index (χ2n) is 4.23. The predicted octanol–water partition coefficient (Wildman–Crippen LogP) is 1.70. The van der Waals surface area contributed by atoms with Gasteiger partial charge in [-0.25, -0.2) is 0 Å². The van der Waals surface area contributed by atoms with Crippen LogP contribution in [0.25, 0.3) is 0 Å². The number of aliphatic carboxylic acids is 1. The minimum atomic E-state index is -4.17. The van der Waals surface area contributed by atoms with Crippen LogP contribution in [-0.2, 0) is 9.59 Å². The minimum Gasteiger partial charge on any atom is -0.481 e. The van der Waals surface area contributed by atoms with E-state index in [1.165, 1.54) is 0 Å². The highest BCUT2D eigenvalue weighted by molar-refractivity contribution is 5.93. The number of carboxylic acid groups (broad SMARTS) is 1. The number of carbonyl (C=O) groups is 2. The van der Waals surface area contributed by atoms with Crippen molar-refractivity contribution in [3.05, 3.63) is 0 Å². The SMILES string of the molecule is O=C(O)CC(=O)NC1CCC(C(F)(F)F)CC1. The highest BCUT2D eigenvalue weighted by Crippen LogP contribution is 2.37. The molecule has 0 aromatic rings. The smallest absolute Gasteiger partial charge is 0.391 e. The summed E-state index contributed by atoms with van der Waals surface area (Å²) >= 11 is 0. The van der Waals surface area contributed by atoms with Crippen LogP contribution in [-0.4, -0.2) is 29.2 Å². The number of rotatable bonds is 3. The van der Waals surface area contributed by atoms with Crippen molar-refractivity contribution in [3.8, 4) is 0 Å². The van der Waals surface area contributed by atoms with Gasteiger partial charge in [0.15, 0.2) is 0 Å². The lowest BCUT2D eigenvalue weighted by atomic mass is 9.85. The predicted molar refractivity (Wildman–Crippen MR) is 52.2 cm³/mol. The van der Waals surface area contributed by atoms with E-state index in [0.29, 0.717) is 0 Å². The highest BCUT2D eigenvalue weighted by atomic mass is 19.4. The topological polar surface area (TPSA) is 66.4 Å². The van der Waals surface area contributed by atoms with Crippen molar-refractivity contribution in [2.75, 3.05) is 0 Å². The molecule has 0 spiro atoms. The molecule has 98 valence electrons. The van der Waals surface area contributed by atoms with Crippen molar-refractivity contribution in [3.63, 3.8) is 0 Å². The maximum Gasteiger partial charge on any atom is 0.391 e. The van der Waals surface area contributed by atoms with Gasteiger partial charge in [-0.2, -0.15) is 13.2 Å². The van der Waals surface area contributed by atoms with E-state index in [9.17, 15) is 22.8 Å². The van der Waals surface area contributed by atoms with Gasteiger partial charge in [0.05, 0.1) is 5.92 Å². The lowest BCUT2D eigenvalue weighted by Crippen LogP contribution is -2.40. The summed E-state index contributed by atoms with van der Waals surface area (Å²) in [6.07, 6.45) is -4.34. The average molecular weight is 253 g/mol. The van der Waals surface area contributed by atoms with E-state index >= 15 is 0 Å². The maximum atomic E-state index is 12.3. The lowest BCUT2D eigenvalue weighted by molar-refractivity contribution is -0.182. The fourth-order valence-electron chi connectivity index (χ4n) is 1.98. The van der Waals surface area contributed by atoms with E-state index < -0.39 is 30.4 Å². The van der Waals surface area contributed by atoms with Crippen LogP contribution in [0.5, 0.6) is 0 Å². The zero-order valence-corrected chi connectivity index (χ0v) is 9.09. The van der Waals surface area contributed by atoms with Crippen LogP contribution in [0.3, 0.4) is 0 Å². The Balaban J connectivity index is 2.33. The largest absolute Gasteiger partial charge is 0.481 e. The monoisotopic (exact) mass is 253 g/mol. The number of hydrogen-bond donors (Lipinski definition) is 2. The number of halogens is 3. The van der Waals surface area contributed by atoms with Crippen LogP contribution in [0.1, 0.15) is 32.1 Å². The molecule has 1 amide bonds. The molecule has 1 saturated carbocycles. The number of nitrogens with one attached hydrogen (secondary N) is 1. The number of hydrogen-bond acceptors (Lipinski definition) is 2. The van der Waals surface area contributed by atoms with Gasteiger partial charge in [-0.1, -0.05) is 0 Å². The Hall–Kier alpha value is -1.27. The zero-order chi connectivity index (χ0) is 13.1. The molecular weight excluding hydrogens is 239 g/mol. The first kappa shape index (κ1) is 13.8. The lowest BCUT2D eigenvalue weighted by Gasteiger charge is -2.30. The molecule has 0 aromatic carbocycles. The first-order chi connectivity index (χ1) is 7.79. The van der Waals surface area contributed by atoms with E-state index in [-0.39, 0.29) is 31.7 Å². The number of alkyl halides is 3. The average Bonchev–Trinajstić information content (AvgIpc) is 2.15. The summed E-state index contributed by atoms with van der Waals surface area (Å²) in [6, 6.07) is -0.333. The second-order valence-corrected chi connectivity index (χ2v) is 4.23. The van der Waals surface area contributed by atoms with Gasteiger partial charge in [-0.05, 0) is 25.7 Å². The van der Waals surface area contributed by atoms with Crippen molar-refractivity contribution in [1.82, 2.24) is 5.32 Å². The van der Waals surface area contributed by atoms with Gasteiger partial charge >= 0.3 is 12.1 Å².